The molecule has 0 aliphatic heterocycles. The van der Waals surface area contributed by atoms with Crippen LogP contribution in [-0.2, 0) is 32.7 Å². The molecule has 0 bridgehead atoms. The van der Waals surface area contributed by atoms with Gasteiger partial charge in [-0.2, -0.15) is 0 Å². The lowest BCUT2D eigenvalue weighted by molar-refractivity contribution is -0.154. The molecular formula is C53H98NO9P. The van der Waals surface area contributed by atoms with Gasteiger partial charge in [-0.3, -0.25) is 18.6 Å². The summed E-state index contributed by atoms with van der Waals surface area (Å²) >= 11 is 0. The van der Waals surface area contributed by atoms with E-state index in [2.05, 4.69) is 62.5 Å². The van der Waals surface area contributed by atoms with Crippen LogP contribution in [0.25, 0.3) is 0 Å². The molecule has 0 fully saturated rings. The van der Waals surface area contributed by atoms with Gasteiger partial charge in [0.2, 0.25) is 0 Å². The molecule has 0 radical (unpaired) electrons. The van der Waals surface area contributed by atoms with E-state index in [1.165, 1.54) is 148 Å². The molecule has 0 saturated heterocycles. The van der Waals surface area contributed by atoms with Crippen molar-refractivity contribution in [2.24, 2.45) is 5.73 Å². The van der Waals surface area contributed by atoms with Crippen molar-refractivity contribution < 1.29 is 42.7 Å². The van der Waals surface area contributed by atoms with Crippen molar-refractivity contribution in [3.8, 4) is 0 Å². The number of phosphoric acid groups is 1. The van der Waals surface area contributed by atoms with Crippen LogP contribution in [0.3, 0.4) is 0 Å². The molecule has 0 aromatic heterocycles. The predicted octanol–water partition coefficient (Wildman–Crippen LogP) is 15.4. The minimum Gasteiger partial charge on any atom is -0.480 e. The summed E-state index contributed by atoms with van der Waals surface area (Å²) in [6.45, 7) is 3.88. The van der Waals surface area contributed by atoms with E-state index in [9.17, 15) is 19.0 Å². The lowest BCUT2D eigenvalue weighted by atomic mass is 10.1. The van der Waals surface area contributed by atoms with Crippen molar-refractivity contribution >= 4 is 19.8 Å². The van der Waals surface area contributed by atoms with Crippen molar-refractivity contribution in [2.75, 3.05) is 26.4 Å². The van der Waals surface area contributed by atoms with Crippen LogP contribution in [0, 0.1) is 0 Å². The van der Waals surface area contributed by atoms with E-state index in [-0.39, 0.29) is 13.0 Å². The van der Waals surface area contributed by atoms with Crippen LogP contribution in [0.5, 0.6) is 0 Å². The molecule has 0 aliphatic carbocycles. The Kier molecular flexibility index (Phi) is 47.3. The molecule has 3 atom stereocenters. The molecule has 10 nitrogen and oxygen atoms in total. The molecule has 0 aromatic rings. The Morgan fingerprint density at radius 3 is 1.30 bits per heavy atom. The van der Waals surface area contributed by atoms with E-state index in [1.807, 2.05) is 0 Å². The van der Waals surface area contributed by atoms with Crippen LogP contribution in [0.1, 0.15) is 239 Å². The first-order chi connectivity index (χ1) is 31.2. The number of carbonyl (C=O) groups is 2. The number of aliphatic carboxylic acids is 1. The highest BCUT2D eigenvalue weighted by Crippen LogP contribution is 2.43. The number of rotatable bonds is 50. The maximum absolute atomic E-state index is 12.7. The molecule has 0 amide bonds. The Morgan fingerprint density at radius 2 is 0.859 bits per heavy atom. The van der Waals surface area contributed by atoms with Gasteiger partial charge in [-0.05, 0) is 77.0 Å². The lowest BCUT2D eigenvalue weighted by Crippen LogP contribution is -2.34. The van der Waals surface area contributed by atoms with Gasteiger partial charge in [-0.25, -0.2) is 4.57 Å². The summed E-state index contributed by atoms with van der Waals surface area (Å²) in [5.41, 5.74) is 5.38. The molecule has 0 rings (SSSR count). The highest BCUT2D eigenvalue weighted by molar-refractivity contribution is 7.47. The molecule has 0 aliphatic rings. The summed E-state index contributed by atoms with van der Waals surface area (Å²) in [5, 5.41) is 8.93. The second kappa shape index (κ2) is 48.9. The number of unbranched alkanes of at least 4 members (excludes halogenated alkanes) is 28. The molecular weight excluding hydrogens is 826 g/mol. The number of carboxylic acids is 1. The highest BCUT2D eigenvalue weighted by Gasteiger charge is 2.27. The topological polar surface area (TPSA) is 155 Å². The SMILES string of the molecule is CCCCCCC/C=C\C/C=C\C/C=C\CCCCCCCCCCCOCC(COP(=O)(O)OCC(N)C(=O)O)OC(=O)CCCCCCCCC/C=C\CCCCCCCCC. The van der Waals surface area contributed by atoms with Gasteiger partial charge in [-0.1, -0.05) is 204 Å². The fourth-order valence-electron chi connectivity index (χ4n) is 7.25. The lowest BCUT2D eigenvalue weighted by Gasteiger charge is -2.20. The Balaban J connectivity index is 4.14. The smallest absolute Gasteiger partial charge is 0.472 e. The van der Waals surface area contributed by atoms with Crippen LogP contribution >= 0.6 is 7.82 Å². The summed E-state index contributed by atoms with van der Waals surface area (Å²) in [4.78, 5) is 33.7. The summed E-state index contributed by atoms with van der Waals surface area (Å²) < 4.78 is 33.5. The third-order valence-corrected chi connectivity index (χ3v) is 12.3. The Bertz CT molecular complexity index is 1210. The fraction of sp³-hybridized carbons (Fsp3) is 0.811. The van der Waals surface area contributed by atoms with Crippen LogP contribution < -0.4 is 5.73 Å². The highest BCUT2D eigenvalue weighted by atomic mass is 31.2. The molecule has 374 valence electrons. The van der Waals surface area contributed by atoms with Crippen molar-refractivity contribution in [1.82, 2.24) is 0 Å². The van der Waals surface area contributed by atoms with Gasteiger partial charge in [0, 0.05) is 13.0 Å². The zero-order valence-electron chi connectivity index (χ0n) is 41.1. The van der Waals surface area contributed by atoms with Crippen molar-refractivity contribution in [3.05, 3.63) is 48.6 Å². The Morgan fingerprint density at radius 1 is 0.500 bits per heavy atom. The quantitative estimate of drug-likeness (QED) is 0.0232. The number of carboxylic acid groups (broad SMARTS) is 1. The van der Waals surface area contributed by atoms with Crippen molar-refractivity contribution in [2.45, 2.75) is 251 Å². The van der Waals surface area contributed by atoms with Crippen LogP contribution in [0.4, 0.5) is 0 Å². The maximum Gasteiger partial charge on any atom is 0.472 e. The number of hydrogen-bond acceptors (Lipinski definition) is 8. The third kappa shape index (κ3) is 47.9. The number of phosphoric ester groups is 1. The second-order valence-electron chi connectivity index (χ2n) is 17.6. The van der Waals surface area contributed by atoms with Crippen molar-refractivity contribution in [3.63, 3.8) is 0 Å². The Hall–Kier alpha value is -2.07. The summed E-state index contributed by atoms with van der Waals surface area (Å²) in [5.74, 6) is -1.78. The second-order valence-corrected chi connectivity index (χ2v) is 19.1. The van der Waals surface area contributed by atoms with Gasteiger partial charge in [0.15, 0.2) is 0 Å². The van der Waals surface area contributed by atoms with Gasteiger partial charge in [0.1, 0.15) is 12.1 Å². The number of ether oxygens (including phenoxy) is 2. The first-order valence-corrected chi connectivity index (χ1v) is 27.7. The standard InChI is InChI=1S/C53H98NO9P/c1-3-5-7-9-11-13-15-17-19-21-23-24-25-26-27-28-30-32-34-36-38-40-42-44-46-60-47-50(48-61-64(58,59)62-49-51(54)53(56)57)63-52(55)45-43-41-39-37-35-33-31-29-22-20-18-16-14-12-10-8-6-4-2/h15,17,20-23,25-26,50-51H,3-14,16,18-19,24,27-49,54H2,1-2H3,(H,56,57)(H,58,59)/b17-15-,22-20-,23-21-,26-25-. The molecule has 4 N–H and O–H groups in total. The normalized spacial score (nSPS) is 14.1. The van der Waals surface area contributed by atoms with Gasteiger partial charge < -0.3 is 25.2 Å². The van der Waals surface area contributed by atoms with E-state index >= 15 is 0 Å². The van der Waals surface area contributed by atoms with E-state index in [0.717, 1.165) is 64.2 Å². The van der Waals surface area contributed by atoms with Crippen LogP contribution in [-0.4, -0.2) is 60.5 Å². The molecule has 0 spiro atoms. The zero-order chi connectivity index (χ0) is 46.9. The number of allylic oxidation sites excluding steroid dienone is 8. The third-order valence-electron chi connectivity index (χ3n) is 11.3. The predicted molar refractivity (Wildman–Crippen MR) is 268 cm³/mol. The van der Waals surface area contributed by atoms with Gasteiger partial charge >= 0.3 is 19.8 Å². The molecule has 11 heteroatoms. The molecule has 0 aromatic carbocycles. The molecule has 64 heavy (non-hydrogen) atoms. The minimum atomic E-state index is -4.63. The number of esters is 1. The Labute approximate surface area is 392 Å². The zero-order valence-corrected chi connectivity index (χ0v) is 42.0. The average Bonchev–Trinajstić information content (AvgIpc) is 3.28. The van der Waals surface area contributed by atoms with Crippen LogP contribution in [0.2, 0.25) is 0 Å². The van der Waals surface area contributed by atoms with Gasteiger partial charge in [0.25, 0.3) is 0 Å². The van der Waals surface area contributed by atoms with E-state index in [4.69, 9.17) is 29.4 Å². The van der Waals surface area contributed by atoms with E-state index in [0.29, 0.717) is 13.0 Å². The largest absolute Gasteiger partial charge is 0.480 e. The number of hydrogen-bond donors (Lipinski definition) is 3. The molecule has 0 saturated carbocycles. The molecule has 0 heterocycles. The fourth-order valence-corrected chi connectivity index (χ4v) is 8.03. The first-order valence-electron chi connectivity index (χ1n) is 26.2. The maximum atomic E-state index is 12.7. The molecule has 3 unspecified atom stereocenters. The summed E-state index contributed by atoms with van der Waals surface area (Å²) in [7, 11) is -4.63. The summed E-state index contributed by atoms with van der Waals surface area (Å²) in [6, 6.07) is -1.48. The first kappa shape index (κ1) is 61.9. The van der Waals surface area contributed by atoms with E-state index < -0.39 is 45.1 Å². The van der Waals surface area contributed by atoms with Gasteiger partial charge in [-0.15, -0.1) is 0 Å². The summed E-state index contributed by atoms with van der Waals surface area (Å²) in [6.07, 6.45) is 58.8. The van der Waals surface area contributed by atoms with Gasteiger partial charge in [0.05, 0.1) is 19.8 Å². The monoisotopic (exact) mass is 924 g/mol. The number of carbonyl (C=O) groups excluding carboxylic acids is 1. The van der Waals surface area contributed by atoms with Crippen LogP contribution in [0.15, 0.2) is 48.6 Å². The minimum absolute atomic E-state index is 0.0114. The number of nitrogens with two attached hydrogens (primary N) is 1. The van der Waals surface area contributed by atoms with Crippen molar-refractivity contribution in [1.29, 1.82) is 0 Å². The van der Waals surface area contributed by atoms with E-state index in [1.54, 1.807) is 0 Å². The average molecular weight is 924 g/mol.